The molecule has 4 heteroatoms. The van der Waals surface area contributed by atoms with E-state index in [1.807, 2.05) is 6.92 Å². The maximum Gasteiger partial charge on any atom is 0.123 e. The monoisotopic (exact) mass is 224 g/mol. The normalized spacial score (nSPS) is 19.3. The fourth-order valence-electron chi connectivity index (χ4n) is 1.91. The Labute approximate surface area is 94.1 Å². The van der Waals surface area contributed by atoms with Gasteiger partial charge in [-0.25, -0.2) is 4.98 Å². The Balaban J connectivity index is 1.84. The molecule has 1 aliphatic heterocycles. The van der Waals surface area contributed by atoms with Crippen LogP contribution in [0.3, 0.4) is 0 Å². The summed E-state index contributed by atoms with van der Waals surface area (Å²) in [6.07, 6.45) is 3.12. The number of rotatable bonds is 3. The van der Waals surface area contributed by atoms with Crippen LogP contribution in [0.1, 0.15) is 23.5 Å². The average Bonchev–Trinajstić information content (AvgIpc) is 2.65. The number of carbonyl (C=O) groups is 1. The minimum atomic E-state index is 0.291. The highest BCUT2D eigenvalue weighted by Gasteiger charge is 2.18. The fraction of sp³-hybridized carbons (Fsp3) is 0.636. The quantitative estimate of drug-likeness (QED) is 0.735. The van der Waals surface area contributed by atoms with E-state index in [1.54, 1.807) is 11.3 Å². The summed E-state index contributed by atoms with van der Waals surface area (Å²) in [5.41, 5.74) is 1.11. The largest absolute Gasteiger partial charge is 0.303 e. The van der Waals surface area contributed by atoms with Gasteiger partial charge in [0.25, 0.3) is 0 Å². The van der Waals surface area contributed by atoms with Crippen molar-refractivity contribution in [3.8, 4) is 0 Å². The zero-order valence-electron chi connectivity index (χ0n) is 8.98. The van der Waals surface area contributed by atoms with Gasteiger partial charge in [0.2, 0.25) is 0 Å². The van der Waals surface area contributed by atoms with Gasteiger partial charge in [-0.2, -0.15) is 0 Å². The minimum Gasteiger partial charge on any atom is -0.303 e. The summed E-state index contributed by atoms with van der Waals surface area (Å²) >= 11 is 1.73. The van der Waals surface area contributed by atoms with Crippen molar-refractivity contribution >= 4 is 17.6 Å². The molecule has 0 unspecified atom stereocenters. The summed E-state index contributed by atoms with van der Waals surface area (Å²) in [6, 6.07) is 0. The molecule has 0 amide bonds. The van der Waals surface area contributed by atoms with Gasteiger partial charge in [-0.15, -0.1) is 11.3 Å². The molecule has 0 aliphatic carbocycles. The van der Waals surface area contributed by atoms with Gasteiger partial charge in [0.05, 0.1) is 6.54 Å². The number of nitrogens with zero attached hydrogens (tertiary/aromatic N) is 2. The molecule has 1 aliphatic rings. The van der Waals surface area contributed by atoms with E-state index in [2.05, 4.69) is 15.3 Å². The molecule has 0 bridgehead atoms. The van der Waals surface area contributed by atoms with Crippen molar-refractivity contribution < 1.29 is 4.79 Å². The first-order chi connectivity index (χ1) is 7.28. The Morgan fingerprint density at radius 1 is 1.60 bits per heavy atom. The highest BCUT2D eigenvalue weighted by Crippen LogP contribution is 2.18. The molecule has 0 spiro atoms. The van der Waals surface area contributed by atoms with E-state index < -0.39 is 0 Å². The van der Waals surface area contributed by atoms with Gasteiger partial charge in [0.15, 0.2) is 0 Å². The molecule has 3 nitrogen and oxygen atoms in total. The van der Waals surface area contributed by atoms with Crippen LogP contribution in [0.2, 0.25) is 0 Å². The SMILES string of the molecule is Cc1csc(CN2CCC(C=O)CC2)n1. The molecule has 0 radical (unpaired) electrons. The third kappa shape index (κ3) is 2.86. The van der Waals surface area contributed by atoms with Gasteiger partial charge < -0.3 is 4.79 Å². The lowest BCUT2D eigenvalue weighted by Gasteiger charge is -2.28. The Bertz CT molecular complexity index is 329. The summed E-state index contributed by atoms with van der Waals surface area (Å²) in [5.74, 6) is 0.291. The van der Waals surface area contributed by atoms with E-state index in [0.717, 1.165) is 44.5 Å². The average molecular weight is 224 g/mol. The Kier molecular flexibility index (Phi) is 3.49. The lowest BCUT2D eigenvalue weighted by molar-refractivity contribution is -0.112. The second-order valence-electron chi connectivity index (χ2n) is 4.13. The Morgan fingerprint density at radius 3 is 2.87 bits per heavy atom. The molecule has 82 valence electrons. The number of aldehydes is 1. The maximum atomic E-state index is 10.6. The smallest absolute Gasteiger partial charge is 0.123 e. The van der Waals surface area contributed by atoms with Crippen molar-refractivity contribution in [3.05, 3.63) is 16.1 Å². The number of thiazole rings is 1. The standard InChI is InChI=1S/C11H16N2OS/c1-9-8-15-11(12-9)6-13-4-2-10(7-14)3-5-13/h7-8,10H,2-6H2,1H3. The summed E-state index contributed by atoms with van der Waals surface area (Å²) in [6.45, 7) is 5.03. The summed E-state index contributed by atoms with van der Waals surface area (Å²) in [7, 11) is 0. The van der Waals surface area contributed by atoms with Crippen LogP contribution in [0.15, 0.2) is 5.38 Å². The van der Waals surface area contributed by atoms with E-state index >= 15 is 0 Å². The van der Waals surface area contributed by atoms with E-state index in [4.69, 9.17) is 0 Å². The molecular weight excluding hydrogens is 208 g/mol. The highest BCUT2D eigenvalue weighted by molar-refractivity contribution is 7.09. The highest BCUT2D eigenvalue weighted by atomic mass is 32.1. The molecule has 1 fully saturated rings. The van der Waals surface area contributed by atoms with Crippen molar-refractivity contribution in [3.63, 3.8) is 0 Å². The van der Waals surface area contributed by atoms with Gasteiger partial charge >= 0.3 is 0 Å². The molecule has 0 N–H and O–H groups in total. The first kappa shape index (κ1) is 10.8. The first-order valence-corrected chi connectivity index (χ1v) is 6.24. The molecule has 2 heterocycles. The number of piperidine rings is 1. The number of aryl methyl sites for hydroxylation is 1. The van der Waals surface area contributed by atoms with Crippen LogP contribution in [0.5, 0.6) is 0 Å². The molecule has 1 saturated heterocycles. The van der Waals surface area contributed by atoms with Gasteiger partial charge in [0.1, 0.15) is 11.3 Å². The zero-order valence-corrected chi connectivity index (χ0v) is 9.80. The number of likely N-dealkylation sites (tertiary alicyclic amines) is 1. The predicted molar refractivity (Wildman–Crippen MR) is 60.9 cm³/mol. The molecule has 0 saturated carbocycles. The number of aromatic nitrogens is 1. The number of hydrogen-bond acceptors (Lipinski definition) is 4. The van der Waals surface area contributed by atoms with Gasteiger partial charge in [-0.3, -0.25) is 4.90 Å². The molecular formula is C11H16N2OS. The topological polar surface area (TPSA) is 33.2 Å². The van der Waals surface area contributed by atoms with Crippen LogP contribution < -0.4 is 0 Å². The Hall–Kier alpha value is -0.740. The molecule has 2 rings (SSSR count). The fourth-order valence-corrected chi connectivity index (χ4v) is 2.73. The van der Waals surface area contributed by atoms with Crippen LogP contribution in [0, 0.1) is 12.8 Å². The third-order valence-electron chi connectivity index (χ3n) is 2.85. The predicted octanol–water partition coefficient (Wildman–Crippen LogP) is 1.86. The van der Waals surface area contributed by atoms with E-state index in [0.29, 0.717) is 5.92 Å². The Morgan fingerprint density at radius 2 is 2.33 bits per heavy atom. The molecule has 15 heavy (non-hydrogen) atoms. The first-order valence-electron chi connectivity index (χ1n) is 5.36. The number of hydrogen-bond donors (Lipinski definition) is 0. The molecule has 0 aromatic carbocycles. The minimum absolute atomic E-state index is 0.291. The maximum absolute atomic E-state index is 10.6. The second-order valence-corrected chi connectivity index (χ2v) is 5.07. The van der Waals surface area contributed by atoms with Crippen LogP contribution in [-0.2, 0) is 11.3 Å². The van der Waals surface area contributed by atoms with E-state index in [1.165, 1.54) is 5.01 Å². The molecule has 1 aromatic heterocycles. The number of carbonyl (C=O) groups excluding carboxylic acids is 1. The summed E-state index contributed by atoms with van der Waals surface area (Å²) in [5, 5.41) is 3.28. The summed E-state index contributed by atoms with van der Waals surface area (Å²) < 4.78 is 0. The summed E-state index contributed by atoms with van der Waals surface area (Å²) in [4.78, 5) is 17.4. The van der Waals surface area contributed by atoms with Crippen LogP contribution >= 0.6 is 11.3 Å². The van der Waals surface area contributed by atoms with E-state index in [9.17, 15) is 4.79 Å². The zero-order chi connectivity index (χ0) is 10.7. The van der Waals surface area contributed by atoms with Crippen molar-refractivity contribution in [2.45, 2.75) is 26.3 Å². The van der Waals surface area contributed by atoms with Crippen LogP contribution in [-0.4, -0.2) is 29.3 Å². The third-order valence-corrected chi connectivity index (χ3v) is 3.80. The van der Waals surface area contributed by atoms with Gasteiger partial charge in [0, 0.05) is 17.0 Å². The van der Waals surface area contributed by atoms with E-state index in [-0.39, 0.29) is 0 Å². The van der Waals surface area contributed by atoms with Crippen molar-refractivity contribution in [2.24, 2.45) is 5.92 Å². The lowest BCUT2D eigenvalue weighted by atomic mass is 9.99. The van der Waals surface area contributed by atoms with Crippen molar-refractivity contribution in [1.82, 2.24) is 9.88 Å². The van der Waals surface area contributed by atoms with Gasteiger partial charge in [-0.1, -0.05) is 0 Å². The van der Waals surface area contributed by atoms with Crippen molar-refractivity contribution in [2.75, 3.05) is 13.1 Å². The van der Waals surface area contributed by atoms with Crippen molar-refractivity contribution in [1.29, 1.82) is 0 Å². The molecule has 1 aromatic rings. The second kappa shape index (κ2) is 4.86. The van der Waals surface area contributed by atoms with Gasteiger partial charge in [-0.05, 0) is 32.9 Å². The lowest BCUT2D eigenvalue weighted by Crippen LogP contribution is -2.33. The van der Waals surface area contributed by atoms with Crippen LogP contribution in [0.25, 0.3) is 0 Å². The molecule has 0 atom stereocenters. The van der Waals surface area contributed by atoms with Crippen LogP contribution in [0.4, 0.5) is 0 Å².